The van der Waals surface area contributed by atoms with E-state index in [4.69, 9.17) is 4.74 Å². The summed E-state index contributed by atoms with van der Waals surface area (Å²) >= 11 is 0. The van der Waals surface area contributed by atoms with Gasteiger partial charge in [0, 0.05) is 18.2 Å². The zero-order valence-electron chi connectivity index (χ0n) is 16.6. The molecule has 27 heavy (non-hydrogen) atoms. The van der Waals surface area contributed by atoms with Gasteiger partial charge in [-0.25, -0.2) is 4.79 Å². The lowest BCUT2D eigenvalue weighted by Gasteiger charge is -2.56. The van der Waals surface area contributed by atoms with Crippen molar-refractivity contribution in [3.05, 3.63) is 35.9 Å². The van der Waals surface area contributed by atoms with Crippen LogP contribution in [0.1, 0.15) is 63.9 Å². The minimum atomic E-state index is 0.0367. The molecule has 2 N–H and O–H groups in total. The van der Waals surface area contributed by atoms with Gasteiger partial charge in [-0.1, -0.05) is 30.3 Å². The molecule has 4 fully saturated rings. The van der Waals surface area contributed by atoms with Gasteiger partial charge in [-0.05, 0) is 81.6 Å². The van der Waals surface area contributed by atoms with Crippen LogP contribution in [0.5, 0.6) is 0 Å². The first-order valence-corrected chi connectivity index (χ1v) is 10.8. The van der Waals surface area contributed by atoms with Crippen LogP contribution in [0.2, 0.25) is 0 Å². The molecule has 4 saturated carbocycles. The molecule has 1 aromatic rings. The molecule has 0 heterocycles. The Balaban J connectivity index is 1.13. The molecule has 4 heteroatoms. The Kier molecular flexibility index (Phi) is 5.72. The minimum absolute atomic E-state index is 0.0367. The maximum Gasteiger partial charge on any atom is 0.315 e. The molecule has 2 amide bonds. The van der Waals surface area contributed by atoms with Crippen molar-refractivity contribution in [1.29, 1.82) is 0 Å². The van der Waals surface area contributed by atoms with Gasteiger partial charge < -0.3 is 15.4 Å². The Morgan fingerprint density at radius 3 is 2.37 bits per heavy atom. The van der Waals surface area contributed by atoms with E-state index >= 15 is 0 Å². The molecule has 4 bridgehead atoms. The molecule has 4 aliphatic carbocycles. The number of nitrogens with one attached hydrogen (secondary N) is 2. The quantitative estimate of drug-likeness (QED) is 0.655. The van der Waals surface area contributed by atoms with E-state index in [2.05, 4.69) is 29.7 Å². The van der Waals surface area contributed by atoms with Gasteiger partial charge in [-0.3, -0.25) is 0 Å². The van der Waals surface area contributed by atoms with E-state index in [1.165, 1.54) is 44.1 Å². The molecule has 0 radical (unpaired) electrons. The minimum Gasteiger partial charge on any atom is -0.377 e. The van der Waals surface area contributed by atoms with Crippen molar-refractivity contribution in [2.24, 2.45) is 17.8 Å². The second-order valence-electron chi connectivity index (χ2n) is 9.38. The van der Waals surface area contributed by atoms with Crippen molar-refractivity contribution in [3.63, 3.8) is 0 Å². The van der Waals surface area contributed by atoms with Crippen LogP contribution >= 0.6 is 0 Å². The summed E-state index contributed by atoms with van der Waals surface area (Å²) in [7, 11) is 0. The predicted molar refractivity (Wildman–Crippen MR) is 107 cm³/mol. The first kappa shape index (κ1) is 18.8. The Morgan fingerprint density at radius 2 is 1.74 bits per heavy atom. The summed E-state index contributed by atoms with van der Waals surface area (Å²) in [5, 5.41) is 6.56. The number of amides is 2. The number of ether oxygens (including phenoxy) is 1. The van der Waals surface area contributed by atoms with Crippen LogP contribution in [0, 0.1) is 17.8 Å². The maximum absolute atomic E-state index is 12.6. The molecule has 0 unspecified atom stereocenters. The average Bonchev–Trinajstić information content (AvgIpc) is 2.60. The molecule has 0 saturated heterocycles. The van der Waals surface area contributed by atoms with Crippen molar-refractivity contribution in [1.82, 2.24) is 10.6 Å². The van der Waals surface area contributed by atoms with Gasteiger partial charge in [-0.2, -0.15) is 0 Å². The molecule has 0 spiro atoms. The molecule has 5 rings (SSSR count). The standard InChI is InChI=1S/C23H34N2O2/c1-17(6-5-9-27-16-18-7-3-2-4-8-18)24-22(26)25-23-13-19-10-20(14-23)12-21(11-19)15-23/h2-4,7-8,17,19-21H,5-6,9-16H2,1H3,(H2,24,25,26)/t17-,19?,20?,21?,23?/m0/s1. The first-order chi connectivity index (χ1) is 13.1. The highest BCUT2D eigenvalue weighted by Gasteiger charge is 2.51. The summed E-state index contributed by atoms with van der Waals surface area (Å²) < 4.78 is 5.74. The Bertz CT molecular complexity index is 595. The maximum atomic E-state index is 12.6. The van der Waals surface area contributed by atoms with Crippen molar-refractivity contribution >= 4 is 6.03 Å². The highest BCUT2D eigenvalue weighted by Crippen LogP contribution is 2.55. The average molecular weight is 371 g/mol. The SMILES string of the molecule is C[C@@H](CCCOCc1ccccc1)NC(=O)NC12CC3CC(CC(C3)C1)C2. The first-order valence-electron chi connectivity index (χ1n) is 10.8. The largest absolute Gasteiger partial charge is 0.377 e. The highest BCUT2D eigenvalue weighted by atomic mass is 16.5. The van der Waals surface area contributed by atoms with Crippen LogP contribution in [0.4, 0.5) is 4.79 Å². The van der Waals surface area contributed by atoms with Crippen molar-refractivity contribution in [2.45, 2.75) is 76.5 Å². The lowest BCUT2D eigenvalue weighted by Crippen LogP contribution is -2.62. The Morgan fingerprint density at radius 1 is 1.11 bits per heavy atom. The predicted octanol–water partition coefficient (Wildman–Crippen LogP) is 4.64. The summed E-state index contributed by atoms with van der Waals surface area (Å²) in [6.07, 6.45) is 9.73. The van der Waals surface area contributed by atoms with E-state index in [0.29, 0.717) is 6.61 Å². The third-order valence-electron chi connectivity index (χ3n) is 6.83. The lowest BCUT2D eigenvalue weighted by molar-refractivity contribution is -0.0136. The fourth-order valence-electron chi connectivity index (χ4n) is 6.09. The number of hydrogen-bond acceptors (Lipinski definition) is 2. The molecule has 4 nitrogen and oxygen atoms in total. The van der Waals surface area contributed by atoms with Gasteiger partial charge in [0.2, 0.25) is 0 Å². The summed E-state index contributed by atoms with van der Waals surface area (Å²) in [6.45, 7) is 3.49. The van der Waals surface area contributed by atoms with E-state index < -0.39 is 0 Å². The summed E-state index contributed by atoms with van der Waals surface area (Å²) in [6, 6.07) is 10.5. The van der Waals surface area contributed by atoms with Gasteiger partial charge in [0.05, 0.1) is 6.61 Å². The van der Waals surface area contributed by atoms with Crippen LogP contribution in [0.3, 0.4) is 0 Å². The van der Waals surface area contributed by atoms with E-state index in [1.54, 1.807) is 0 Å². The van der Waals surface area contributed by atoms with Crippen molar-refractivity contribution in [3.8, 4) is 0 Å². The lowest BCUT2D eigenvalue weighted by atomic mass is 9.53. The zero-order valence-corrected chi connectivity index (χ0v) is 16.6. The summed E-state index contributed by atoms with van der Waals surface area (Å²) in [5.41, 5.74) is 1.30. The number of urea groups is 1. The summed E-state index contributed by atoms with van der Waals surface area (Å²) in [5.74, 6) is 2.57. The molecule has 1 atom stereocenters. The van der Waals surface area contributed by atoms with Crippen LogP contribution in [-0.2, 0) is 11.3 Å². The fourth-order valence-corrected chi connectivity index (χ4v) is 6.09. The van der Waals surface area contributed by atoms with E-state index in [-0.39, 0.29) is 17.6 Å². The third kappa shape index (κ3) is 4.84. The second kappa shape index (κ2) is 8.22. The second-order valence-corrected chi connectivity index (χ2v) is 9.38. The highest BCUT2D eigenvalue weighted by molar-refractivity contribution is 5.75. The molecule has 0 aliphatic heterocycles. The van der Waals surface area contributed by atoms with Crippen molar-refractivity contribution < 1.29 is 9.53 Å². The number of hydrogen-bond donors (Lipinski definition) is 2. The molecular weight excluding hydrogens is 336 g/mol. The van der Waals surface area contributed by atoms with E-state index in [0.717, 1.165) is 37.2 Å². The van der Waals surface area contributed by atoms with Gasteiger partial charge in [-0.15, -0.1) is 0 Å². The summed E-state index contributed by atoms with van der Waals surface area (Å²) in [4.78, 5) is 12.6. The number of carbonyl (C=O) groups excluding carboxylic acids is 1. The van der Waals surface area contributed by atoms with Crippen LogP contribution in [0.25, 0.3) is 0 Å². The van der Waals surface area contributed by atoms with E-state index in [9.17, 15) is 4.79 Å². The monoisotopic (exact) mass is 370 g/mol. The molecule has 1 aromatic carbocycles. The molecule has 4 aliphatic rings. The van der Waals surface area contributed by atoms with Crippen LogP contribution in [0.15, 0.2) is 30.3 Å². The number of carbonyl (C=O) groups is 1. The third-order valence-corrected chi connectivity index (χ3v) is 6.83. The van der Waals surface area contributed by atoms with Crippen LogP contribution < -0.4 is 10.6 Å². The zero-order chi connectivity index (χ0) is 18.7. The molecule has 0 aromatic heterocycles. The number of benzene rings is 1. The van der Waals surface area contributed by atoms with Gasteiger partial charge >= 0.3 is 6.03 Å². The van der Waals surface area contributed by atoms with Gasteiger partial charge in [0.25, 0.3) is 0 Å². The van der Waals surface area contributed by atoms with Crippen molar-refractivity contribution in [2.75, 3.05) is 6.61 Å². The molecular formula is C23H34N2O2. The van der Waals surface area contributed by atoms with Gasteiger partial charge in [0.1, 0.15) is 0 Å². The Hall–Kier alpha value is -1.55. The topological polar surface area (TPSA) is 50.4 Å². The number of rotatable bonds is 8. The van der Waals surface area contributed by atoms with Gasteiger partial charge in [0.15, 0.2) is 0 Å². The fraction of sp³-hybridized carbons (Fsp3) is 0.696. The van der Waals surface area contributed by atoms with Crippen LogP contribution in [-0.4, -0.2) is 24.2 Å². The van der Waals surface area contributed by atoms with E-state index in [1.807, 2.05) is 18.2 Å². The normalized spacial score (nSPS) is 32.3. The molecule has 148 valence electrons. The smallest absolute Gasteiger partial charge is 0.315 e. The Labute approximate surface area is 163 Å².